The van der Waals surface area contributed by atoms with E-state index in [-0.39, 0.29) is 18.2 Å². The summed E-state index contributed by atoms with van der Waals surface area (Å²) in [6.07, 6.45) is 1.68. The molecular formula is C33H27F4N3O4S. The average molecular weight is 638 g/mol. The van der Waals surface area contributed by atoms with Gasteiger partial charge in [-0.15, -0.1) is 11.8 Å². The SMILES string of the molecule is CCC(Sc1cccc(NC(=O)/C(=C/c2cccc(OC)c2)NC(=O)c2ccccc2)c1)C(=O)Nc1c(F)c(F)cc(F)c1F. The van der Waals surface area contributed by atoms with E-state index >= 15 is 0 Å². The minimum absolute atomic E-state index is 0.0521. The first kappa shape index (κ1) is 32.8. The van der Waals surface area contributed by atoms with Gasteiger partial charge in [0.25, 0.3) is 11.8 Å². The zero-order valence-corrected chi connectivity index (χ0v) is 24.8. The highest BCUT2D eigenvalue weighted by Crippen LogP contribution is 2.30. The van der Waals surface area contributed by atoms with Crippen molar-refractivity contribution < 1.29 is 36.7 Å². The van der Waals surface area contributed by atoms with E-state index in [1.165, 1.54) is 13.2 Å². The molecule has 3 amide bonds. The summed E-state index contributed by atoms with van der Waals surface area (Å²) in [5, 5.41) is 6.39. The van der Waals surface area contributed by atoms with E-state index in [4.69, 9.17) is 4.74 Å². The molecule has 4 aromatic rings. The molecule has 0 saturated heterocycles. The molecule has 0 aliphatic rings. The maximum Gasteiger partial charge on any atom is 0.272 e. The maximum absolute atomic E-state index is 14.1. The standard InChI is InChI=1S/C33H27F4N3O4S/c1-3-27(33(43)40-30-28(36)24(34)18-25(35)29(30)37)45-23-14-8-12-21(17-23)38-32(42)26(16-19-9-7-13-22(15-19)44-2)39-31(41)20-10-5-4-6-11-20/h4-18,27H,3H2,1-2H3,(H,38,42)(H,39,41)(H,40,43)/b26-16-. The number of ether oxygens (including phenoxy) is 1. The topological polar surface area (TPSA) is 96.5 Å². The van der Waals surface area contributed by atoms with Crippen LogP contribution in [0.5, 0.6) is 5.75 Å². The molecule has 0 aliphatic carbocycles. The van der Waals surface area contributed by atoms with Crippen molar-refractivity contribution in [3.05, 3.63) is 125 Å². The average Bonchev–Trinajstić information content (AvgIpc) is 3.04. The van der Waals surface area contributed by atoms with Crippen molar-refractivity contribution in [3.63, 3.8) is 0 Å². The molecule has 1 unspecified atom stereocenters. The monoisotopic (exact) mass is 637 g/mol. The van der Waals surface area contributed by atoms with Crippen molar-refractivity contribution in [2.75, 3.05) is 17.7 Å². The number of methoxy groups -OCH3 is 1. The van der Waals surface area contributed by atoms with Crippen LogP contribution in [0, 0.1) is 23.3 Å². The van der Waals surface area contributed by atoms with Gasteiger partial charge in [0.15, 0.2) is 23.3 Å². The van der Waals surface area contributed by atoms with Crippen LogP contribution < -0.4 is 20.7 Å². The number of benzene rings is 4. The van der Waals surface area contributed by atoms with Crippen LogP contribution in [-0.4, -0.2) is 30.1 Å². The Balaban J connectivity index is 1.53. The van der Waals surface area contributed by atoms with Gasteiger partial charge < -0.3 is 20.7 Å². The first-order valence-electron chi connectivity index (χ1n) is 13.5. The lowest BCUT2D eigenvalue weighted by Crippen LogP contribution is -2.30. The molecule has 7 nitrogen and oxygen atoms in total. The van der Waals surface area contributed by atoms with E-state index in [9.17, 15) is 31.9 Å². The molecule has 4 aromatic carbocycles. The van der Waals surface area contributed by atoms with Gasteiger partial charge in [-0.05, 0) is 60.5 Å². The summed E-state index contributed by atoms with van der Waals surface area (Å²) in [6.45, 7) is 1.65. The molecule has 0 radical (unpaired) electrons. The van der Waals surface area contributed by atoms with E-state index in [1.54, 1.807) is 85.8 Å². The summed E-state index contributed by atoms with van der Waals surface area (Å²) in [7, 11) is 1.50. The first-order chi connectivity index (χ1) is 21.6. The summed E-state index contributed by atoms with van der Waals surface area (Å²) in [6, 6.07) is 21.7. The number of carbonyl (C=O) groups is 3. The molecule has 0 aromatic heterocycles. The number of carbonyl (C=O) groups excluding carboxylic acids is 3. The van der Waals surface area contributed by atoms with Crippen molar-refractivity contribution in [2.24, 2.45) is 0 Å². The Bertz CT molecular complexity index is 1730. The predicted molar refractivity (Wildman–Crippen MR) is 165 cm³/mol. The van der Waals surface area contributed by atoms with E-state index in [1.807, 2.05) is 5.32 Å². The predicted octanol–water partition coefficient (Wildman–Crippen LogP) is 7.17. The largest absolute Gasteiger partial charge is 0.497 e. The Morgan fingerprint density at radius 3 is 2.20 bits per heavy atom. The number of rotatable bonds is 11. The quantitative estimate of drug-likeness (QED) is 0.0702. The third-order valence-corrected chi connectivity index (χ3v) is 7.69. The second-order valence-electron chi connectivity index (χ2n) is 9.48. The highest BCUT2D eigenvalue weighted by atomic mass is 32.2. The second-order valence-corrected chi connectivity index (χ2v) is 10.8. The van der Waals surface area contributed by atoms with E-state index < -0.39 is 51.9 Å². The van der Waals surface area contributed by atoms with Gasteiger partial charge >= 0.3 is 0 Å². The van der Waals surface area contributed by atoms with Gasteiger partial charge in [0.05, 0.1) is 12.4 Å². The van der Waals surface area contributed by atoms with Crippen LogP contribution in [0.15, 0.2) is 95.5 Å². The molecule has 0 bridgehead atoms. The van der Waals surface area contributed by atoms with Crippen molar-refractivity contribution in [3.8, 4) is 5.75 Å². The van der Waals surface area contributed by atoms with Gasteiger partial charge in [-0.3, -0.25) is 14.4 Å². The van der Waals surface area contributed by atoms with Gasteiger partial charge in [0, 0.05) is 22.2 Å². The lowest BCUT2D eigenvalue weighted by atomic mass is 10.1. The van der Waals surface area contributed by atoms with Crippen LogP contribution in [0.3, 0.4) is 0 Å². The molecule has 0 fully saturated rings. The van der Waals surface area contributed by atoms with E-state index in [2.05, 4.69) is 10.6 Å². The molecule has 45 heavy (non-hydrogen) atoms. The molecule has 0 spiro atoms. The third kappa shape index (κ3) is 8.51. The lowest BCUT2D eigenvalue weighted by molar-refractivity contribution is -0.116. The van der Waals surface area contributed by atoms with Crippen molar-refractivity contribution in [1.29, 1.82) is 0 Å². The number of anilines is 2. The maximum atomic E-state index is 14.1. The lowest BCUT2D eigenvalue weighted by Gasteiger charge is -2.17. The Morgan fingerprint density at radius 1 is 0.844 bits per heavy atom. The van der Waals surface area contributed by atoms with Gasteiger partial charge in [-0.2, -0.15) is 0 Å². The molecule has 232 valence electrons. The third-order valence-electron chi connectivity index (χ3n) is 6.33. The van der Waals surface area contributed by atoms with Crippen LogP contribution in [0.25, 0.3) is 6.08 Å². The highest BCUT2D eigenvalue weighted by molar-refractivity contribution is 8.00. The molecular weight excluding hydrogens is 610 g/mol. The summed E-state index contributed by atoms with van der Waals surface area (Å²) in [5.41, 5.74) is -0.0437. The molecule has 3 N–H and O–H groups in total. The van der Waals surface area contributed by atoms with Gasteiger partial charge in [0.2, 0.25) is 5.91 Å². The number of hydrogen-bond acceptors (Lipinski definition) is 5. The summed E-state index contributed by atoms with van der Waals surface area (Å²) in [5.74, 6) is -8.22. The van der Waals surface area contributed by atoms with Crippen LogP contribution in [-0.2, 0) is 9.59 Å². The first-order valence-corrected chi connectivity index (χ1v) is 14.4. The molecule has 0 heterocycles. The Labute approximate surface area is 260 Å². The van der Waals surface area contributed by atoms with Crippen molar-refractivity contribution in [2.45, 2.75) is 23.5 Å². The molecule has 0 saturated carbocycles. The Morgan fingerprint density at radius 2 is 1.53 bits per heavy atom. The number of halogens is 4. The van der Waals surface area contributed by atoms with Crippen molar-refractivity contribution >= 4 is 46.9 Å². The highest BCUT2D eigenvalue weighted by Gasteiger charge is 2.25. The van der Waals surface area contributed by atoms with Crippen LogP contribution in [0.4, 0.5) is 28.9 Å². The summed E-state index contributed by atoms with van der Waals surface area (Å²) >= 11 is 1.01. The minimum atomic E-state index is -1.72. The minimum Gasteiger partial charge on any atom is -0.497 e. The smallest absolute Gasteiger partial charge is 0.272 e. The molecule has 4 rings (SSSR count). The van der Waals surface area contributed by atoms with Crippen LogP contribution >= 0.6 is 11.8 Å². The summed E-state index contributed by atoms with van der Waals surface area (Å²) < 4.78 is 60.7. The van der Waals surface area contributed by atoms with Crippen LogP contribution in [0.2, 0.25) is 0 Å². The number of hydrogen-bond donors (Lipinski definition) is 3. The summed E-state index contributed by atoms with van der Waals surface area (Å²) in [4.78, 5) is 39.7. The van der Waals surface area contributed by atoms with E-state index in [0.29, 0.717) is 27.5 Å². The second kappa shape index (κ2) is 15.1. The molecule has 0 aliphatic heterocycles. The fraction of sp³-hybridized carbons (Fsp3) is 0.121. The zero-order chi connectivity index (χ0) is 32.5. The number of thioether (sulfide) groups is 1. The Kier molecular flexibility index (Phi) is 11.0. The fourth-order valence-corrected chi connectivity index (χ4v) is 5.07. The Hall–Kier alpha value is -5.10. The van der Waals surface area contributed by atoms with E-state index in [0.717, 1.165) is 11.8 Å². The fourth-order valence-electron chi connectivity index (χ4n) is 4.06. The van der Waals surface area contributed by atoms with Gasteiger partial charge in [-0.25, -0.2) is 17.6 Å². The van der Waals surface area contributed by atoms with Gasteiger partial charge in [-0.1, -0.05) is 43.3 Å². The van der Waals surface area contributed by atoms with Gasteiger partial charge in [0.1, 0.15) is 17.1 Å². The molecule has 12 heteroatoms. The number of amides is 3. The number of nitrogens with one attached hydrogen (secondary N) is 3. The van der Waals surface area contributed by atoms with Crippen LogP contribution in [0.1, 0.15) is 29.3 Å². The normalized spacial score (nSPS) is 11.8. The molecule has 1 atom stereocenters. The van der Waals surface area contributed by atoms with Crippen molar-refractivity contribution in [1.82, 2.24) is 5.32 Å². The zero-order valence-electron chi connectivity index (χ0n) is 24.0.